The third kappa shape index (κ3) is 14.2. The Labute approximate surface area is 236 Å². The molecule has 0 saturated heterocycles. The molecule has 1 aromatic rings. The van der Waals surface area contributed by atoms with Gasteiger partial charge >= 0.3 is 24.2 Å². The molecule has 0 spiro atoms. The maximum Gasteiger partial charge on any atom is 0.514 e. The minimum Gasteiger partial charge on any atom is -0.459 e. The highest BCUT2D eigenvalue weighted by atomic mass is 16.8. The highest BCUT2D eigenvalue weighted by molar-refractivity contribution is 5.76. The van der Waals surface area contributed by atoms with Crippen LogP contribution in [0.1, 0.15) is 93.6 Å². The summed E-state index contributed by atoms with van der Waals surface area (Å²) in [5, 5.41) is 0. The van der Waals surface area contributed by atoms with Crippen LogP contribution in [0.15, 0.2) is 18.2 Å². The molecule has 2 N–H and O–H groups in total. The average molecular weight is 568 g/mol. The smallest absolute Gasteiger partial charge is 0.459 e. The van der Waals surface area contributed by atoms with Gasteiger partial charge in [0.1, 0.15) is 29.5 Å². The van der Waals surface area contributed by atoms with Gasteiger partial charge in [0.2, 0.25) is 0 Å². The molecule has 11 nitrogen and oxygen atoms in total. The van der Waals surface area contributed by atoms with E-state index in [0.29, 0.717) is 12.0 Å². The van der Waals surface area contributed by atoms with E-state index in [-0.39, 0.29) is 23.9 Å². The van der Waals surface area contributed by atoms with E-state index in [4.69, 9.17) is 34.2 Å². The minimum atomic E-state index is -1.08. The quantitative estimate of drug-likeness (QED) is 0.145. The fourth-order valence-electron chi connectivity index (χ4n) is 3.15. The molecule has 1 aromatic carbocycles. The SMILES string of the molecule is CCCCCC(=O)OC(C)[C@H](C)OC(=O)[C@@H](N)Cc1ccc(OC(=O)OC(C)(C)C)c(OC(=O)OC(C)(C)C)c1. The zero-order chi connectivity index (χ0) is 30.7. The summed E-state index contributed by atoms with van der Waals surface area (Å²) in [4.78, 5) is 49.1. The van der Waals surface area contributed by atoms with Crippen LogP contribution in [0.2, 0.25) is 0 Å². The Balaban J connectivity index is 2.93. The first-order valence-corrected chi connectivity index (χ1v) is 13.5. The van der Waals surface area contributed by atoms with E-state index in [2.05, 4.69) is 0 Å². The molecular weight excluding hydrogens is 522 g/mol. The lowest BCUT2D eigenvalue weighted by Crippen LogP contribution is -2.39. The third-order valence-corrected chi connectivity index (χ3v) is 5.20. The van der Waals surface area contributed by atoms with E-state index in [1.807, 2.05) is 6.92 Å². The highest BCUT2D eigenvalue weighted by Gasteiger charge is 2.26. The number of carbonyl (C=O) groups excluding carboxylic acids is 4. The van der Waals surface area contributed by atoms with Gasteiger partial charge in [0.25, 0.3) is 0 Å². The van der Waals surface area contributed by atoms with Crippen LogP contribution in [-0.4, -0.2) is 53.7 Å². The number of carbonyl (C=O) groups is 4. The molecule has 3 atom stereocenters. The van der Waals surface area contributed by atoms with E-state index in [0.717, 1.165) is 19.3 Å². The molecular formula is C29H45NO10. The maximum atomic E-state index is 12.6. The lowest BCUT2D eigenvalue weighted by Gasteiger charge is -2.23. The number of hydrogen-bond donors (Lipinski definition) is 1. The highest BCUT2D eigenvalue weighted by Crippen LogP contribution is 2.31. The average Bonchev–Trinajstić information content (AvgIpc) is 2.78. The zero-order valence-electron chi connectivity index (χ0n) is 25.2. The Hall–Kier alpha value is -3.34. The third-order valence-electron chi connectivity index (χ3n) is 5.20. The van der Waals surface area contributed by atoms with Gasteiger partial charge in [0, 0.05) is 6.42 Å². The molecule has 0 amide bonds. The summed E-state index contributed by atoms with van der Waals surface area (Å²) in [5.74, 6) is -1.28. The zero-order valence-corrected chi connectivity index (χ0v) is 25.2. The van der Waals surface area contributed by atoms with Crippen molar-refractivity contribution >= 4 is 24.2 Å². The first kappa shape index (κ1) is 34.7. The maximum absolute atomic E-state index is 12.6. The van der Waals surface area contributed by atoms with Crippen molar-refractivity contribution in [3.8, 4) is 11.5 Å². The van der Waals surface area contributed by atoms with Crippen molar-refractivity contribution in [3.05, 3.63) is 23.8 Å². The number of esters is 2. The number of nitrogens with two attached hydrogens (primary N) is 1. The van der Waals surface area contributed by atoms with Gasteiger partial charge in [-0.2, -0.15) is 0 Å². The summed E-state index contributed by atoms with van der Waals surface area (Å²) < 4.78 is 31.7. The van der Waals surface area contributed by atoms with Gasteiger partial charge in [-0.15, -0.1) is 0 Å². The number of hydrogen-bond acceptors (Lipinski definition) is 11. The summed E-state index contributed by atoms with van der Waals surface area (Å²) in [7, 11) is 0. The van der Waals surface area contributed by atoms with Gasteiger partial charge < -0.3 is 34.2 Å². The van der Waals surface area contributed by atoms with E-state index < -0.39 is 47.7 Å². The molecule has 0 aliphatic rings. The molecule has 0 bridgehead atoms. The predicted octanol–water partition coefficient (Wildman–Crippen LogP) is 5.63. The van der Waals surface area contributed by atoms with Gasteiger partial charge in [-0.05, 0) is 85.9 Å². The van der Waals surface area contributed by atoms with Crippen LogP contribution in [0.4, 0.5) is 9.59 Å². The monoisotopic (exact) mass is 567 g/mol. The lowest BCUT2D eigenvalue weighted by molar-refractivity contribution is -0.166. The van der Waals surface area contributed by atoms with Crippen molar-refractivity contribution in [2.75, 3.05) is 0 Å². The van der Waals surface area contributed by atoms with Crippen molar-refractivity contribution in [2.24, 2.45) is 5.73 Å². The molecule has 0 radical (unpaired) electrons. The van der Waals surface area contributed by atoms with Crippen molar-refractivity contribution in [1.29, 1.82) is 0 Å². The fraction of sp³-hybridized carbons (Fsp3) is 0.655. The van der Waals surface area contributed by atoms with Crippen molar-refractivity contribution < 1.29 is 47.6 Å². The van der Waals surface area contributed by atoms with Crippen molar-refractivity contribution in [3.63, 3.8) is 0 Å². The summed E-state index contributed by atoms with van der Waals surface area (Å²) in [6.07, 6.45) is -0.411. The molecule has 226 valence electrons. The largest absolute Gasteiger partial charge is 0.514 e. The standard InChI is InChI=1S/C29H45NO10/c1-10-11-12-13-24(31)35-18(2)19(3)36-25(32)21(30)16-20-14-15-22(37-26(33)39-28(4,5)6)23(17-20)38-27(34)40-29(7,8)9/h14-15,17-19,21H,10-13,16,30H2,1-9H3/t18?,19-,21-/m0/s1. The van der Waals surface area contributed by atoms with E-state index in [1.165, 1.54) is 12.1 Å². The van der Waals surface area contributed by atoms with Crippen LogP contribution in [0.3, 0.4) is 0 Å². The molecule has 0 saturated carbocycles. The van der Waals surface area contributed by atoms with E-state index in [9.17, 15) is 19.2 Å². The molecule has 1 unspecified atom stereocenters. The second kappa shape index (κ2) is 15.4. The Bertz CT molecular complexity index is 1010. The second-order valence-electron chi connectivity index (χ2n) is 11.5. The van der Waals surface area contributed by atoms with Crippen LogP contribution in [0.25, 0.3) is 0 Å². The van der Waals surface area contributed by atoms with Crippen LogP contribution in [0, 0.1) is 0 Å². The van der Waals surface area contributed by atoms with Gasteiger partial charge in [0.15, 0.2) is 11.5 Å². The molecule has 0 aliphatic carbocycles. The first-order valence-electron chi connectivity index (χ1n) is 13.5. The Kier molecular flexibility index (Phi) is 13.4. The van der Waals surface area contributed by atoms with Gasteiger partial charge in [-0.25, -0.2) is 9.59 Å². The molecule has 0 fully saturated rings. The number of rotatable bonds is 12. The van der Waals surface area contributed by atoms with Gasteiger partial charge in [-0.1, -0.05) is 25.8 Å². The summed E-state index contributed by atoms with van der Waals surface area (Å²) in [6, 6.07) is 3.27. The van der Waals surface area contributed by atoms with E-state index >= 15 is 0 Å². The Morgan fingerprint density at radius 3 is 1.85 bits per heavy atom. The van der Waals surface area contributed by atoms with Crippen LogP contribution < -0.4 is 15.2 Å². The van der Waals surface area contributed by atoms with Crippen LogP contribution >= 0.6 is 0 Å². The molecule has 11 heteroatoms. The van der Waals surface area contributed by atoms with Crippen molar-refractivity contribution in [1.82, 2.24) is 0 Å². The van der Waals surface area contributed by atoms with Crippen LogP contribution in [-0.2, 0) is 35.0 Å². The number of unbranched alkanes of at least 4 members (excludes halogenated alkanes) is 2. The topological polar surface area (TPSA) is 150 Å². The molecule has 0 aromatic heterocycles. The van der Waals surface area contributed by atoms with E-state index in [1.54, 1.807) is 61.5 Å². The van der Waals surface area contributed by atoms with Crippen LogP contribution in [0.5, 0.6) is 11.5 Å². The first-order chi connectivity index (χ1) is 18.4. The fourth-order valence-corrected chi connectivity index (χ4v) is 3.15. The predicted molar refractivity (Wildman–Crippen MR) is 147 cm³/mol. The number of ether oxygens (including phenoxy) is 6. The summed E-state index contributed by atoms with van der Waals surface area (Å²) in [5.41, 5.74) is 4.94. The Morgan fingerprint density at radius 1 is 0.800 bits per heavy atom. The molecule has 1 rings (SSSR count). The molecule has 0 aliphatic heterocycles. The summed E-state index contributed by atoms with van der Waals surface area (Å²) >= 11 is 0. The molecule has 0 heterocycles. The number of benzene rings is 1. The normalized spacial score (nSPS) is 13.8. The van der Waals surface area contributed by atoms with Gasteiger partial charge in [0.05, 0.1) is 0 Å². The van der Waals surface area contributed by atoms with Crippen molar-refractivity contribution in [2.45, 2.75) is 124 Å². The Morgan fingerprint density at radius 2 is 1.32 bits per heavy atom. The lowest BCUT2D eigenvalue weighted by atomic mass is 10.1. The summed E-state index contributed by atoms with van der Waals surface area (Å²) in [6.45, 7) is 15.3. The molecule has 40 heavy (non-hydrogen) atoms. The second-order valence-corrected chi connectivity index (χ2v) is 11.5. The minimum absolute atomic E-state index is 0.00807. The van der Waals surface area contributed by atoms with Gasteiger partial charge in [-0.3, -0.25) is 9.59 Å².